The predicted molar refractivity (Wildman–Crippen MR) is 126 cm³/mol. The Morgan fingerprint density at radius 1 is 1.07 bits per heavy atom. The normalized spacial score (nSPS) is 11.0. The first-order valence-electron chi connectivity index (χ1n) is 9.53. The van der Waals surface area contributed by atoms with Gasteiger partial charge in [-0.1, -0.05) is 36.4 Å². The van der Waals surface area contributed by atoms with Crippen molar-refractivity contribution in [2.75, 3.05) is 13.1 Å². The van der Waals surface area contributed by atoms with Gasteiger partial charge in [0.25, 0.3) is 0 Å². The molecule has 0 saturated heterocycles. The SMILES string of the molecule is CCNC(=NCc1cccc(Cn2ccnc2)c1)NCCc1ccc(F)cc1.I. The quantitative estimate of drug-likeness (QED) is 0.276. The minimum Gasteiger partial charge on any atom is -0.357 e. The molecular weight excluding hydrogens is 480 g/mol. The third-order valence-electron chi connectivity index (χ3n) is 4.30. The number of hydrogen-bond donors (Lipinski definition) is 2. The molecule has 0 bridgehead atoms. The van der Waals surface area contributed by atoms with Gasteiger partial charge in [-0.05, 0) is 42.2 Å². The van der Waals surface area contributed by atoms with E-state index in [-0.39, 0.29) is 29.8 Å². The Morgan fingerprint density at radius 3 is 2.59 bits per heavy atom. The van der Waals surface area contributed by atoms with Crippen molar-refractivity contribution >= 4 is 29.9 Å². The van der Waals surface area contributed by atoms with E-state index in [1.54, 1.807) is 6.20 Å². The molecule has 0 aliphatic carbocycles. The molecule has 3 rings (SSSR count). The molecule has 3 aromatic rings. The van der Waals surface area contributed by atoms with Crippen LogP contribution < -0.4 is 10.6 Å². The van der Waals surface area contributed by atoms with Crippen LogP contribution in [0.4, 0.5) is 4.39 Å². The molecule has 0 saturated carbocycles. The fourth-order valence-corrected chi connectivity index (χ4v) is 2.91. The van der Waals surface area contributed by atoms with E-state index in [2.05, 4.69) is 44.9 Å². The summed E-state index contributed by atoms with van der Waals surface area (Å²) >= 11 is 0. The number of benzene rings is 2. The minimum atomic E-state index is -0.207. The number of hydrogen-bond acceptors (Lipinski definition) is 2. The van der Waals surface area contributed by atoms with Crippen molar-refractivity contribution in [2.45, 2.75) is 26.4 Å². The lowest BCUT2D eigenvalue weighted by Gasteiger charge is -2.12. The Morgan fingerprint density at radius 2 is 1.86 bits per heavy atom. The summed E-state index contributed by atoms with van der Waals surface area (Å²) in [5.41, 5.74) is 3.48. The molecule has 0 aliphatic rings. The number of nitrogens with zero attached hydrogens (tertiary/aromatic N) is 3. The van der Waals surface area contributed by atoms with Gasteiger partial charge in [0.05, 0.1) is 12.9 Å². The summed E-state index contributed by atoms with van der Waals surface area (Å²) in [6, 6.07) is 15.0. The summed E-state index contributed by atoms with van der Waals surface area (Å²) in [6.07, 6.45) is 6.37. The van der Waals surface area contributed by atoms with E-state index >= 15 is 0 Å². The summed E-state index contributed by atoms with van der Waals surface area (Å²) in [7, 11) is 0. The monoisotopic (exact) mass is 507 g/mol. The van der Waals surface area contributed by atoms with Crippen LogP contribution in [0.2, 0.25) is 0 Å². The van der Waals surface area contributed by atoms with Gasteiger partial charge in [0, 0.05) is 32.0 Å². The minimum absolute atomic E-state index is 0. The van der Waals surface area contributed by atoms with Gasteiger partial charge in [0.1, 0.15) is 5.82 Å². The second kappa shape index (κ2) is 12.2. The van der Waals surface area contributed by atoms with Crippen molar-refractivity contribution in [1.29, 1.82) is 0 Å². The first-order valence-corrected chi connectivity index (χ1v) is 9.53. The molecule has 1 heterocycles. The van der Waals surface area contributed by atoms with Gasteiger partial charge in [-0.15, -0.1) is 24.0 Å². The average molecular weight is 507 g/mol. The number of aliphatic imine (C=N–C) groups is 1. The summed E-state index contributed by atoms with van der Waals surface area (Å²) in [5.74, 6) is 0.575. The standard InChI is InChI=1S/C22H26FN5.HI/c1-2-25-22(26-11-10-18-6-8-21(23)9-7-18)27-15-19-4-3-5-20(14-19)16-28-13-12-24-17-28;/h3-9,12-14,17H,2,10-11,15-16H2,1H3,(H2,25,26,27);1H. The largest absolute Gasteiger partial charge is 0.357 e. The van der Waals surface area contributed by atoms with Crippen LogP contribution in [0.5, 0.6) is 0 Å². The smallest absolute Gasteiger partial charge is 0.191 e. The molecule has 154 valence electrons. The van der Waals surface area contributed by atoms with Crippen LogP contribution in [0.25, 0.3) is 0 Å². The topological polar surface area (TPSA) is 54.2 Å². The van der Waals surface area contributed by atoms with Gasteiger partial charge in [-0.25, -0.2) is 14.4 Å². The third kappa shape index (κ3) is 7.84. The first-order chi connectivity index (χ1) is 13.7. The second-order valence-corrected chi connectivity index (χ2v) is 6.55. The molecule has 2 N–H and O–H groups in total. The molecule has 0 unspecified atom stereocenters. The molecule has 0 radical (unpaired) electrons. The average Bonchev–Trinajstić information content (AvgIpc) is 3.21. The van der Waals surface area contributed by atoms with Crippen molar-refractivity contribution in [1.82, 2.24) is 20.2 Å². The number of halogens is 2. The van der Waals surface area contributed by atoms with Gasteiger partial charge in [0.15, 0.2) is 5.96 Å². The summed E-state index contributed by atoms with van der Waals surface area (Å²) < 4.78 is 15.0. The highest BCUT2D eigenvalue weighted by Crippen LogP contribution is 2.08. The van der Waals surface area contributed by atoms with Crippen LogP contribution in [0.3, 0.4) is 0 Å². The number of guanidine groups is 1. The lowest BCUT2D eigenvalue weighted by atomic mass is 10.1. The molecule has 2 aromatic carbocycles. The van der Waals surface area contributed by atoms with E-state index in [9.17, 15) is 4.39 Å². The molecule has 0 aliphatic heterocycles. The maximum absolute atomic E-state index is 13.0. The molecule has 1 aromatic heterocycles. The van der Waals surface area contributed by atoms with Crippen molar-refractivity contribution in [3.8, 4) is 0 Å². The Labute approximate surface area is 188 Å². The van der Waals surface area contributed by atoms with Crippen molar-refractivity contribution in [2.24, 2.45) is 4.99 Å². The van der Waals surface area contributed by atoms with Crippen molar-refractivity contribution in [3.05, 3.63) is 89.8 Å². The zero-order valence-corrected chi connectivity index (χ0v) is 18.8. The van der Waals surface area contributed by atoms with Gasteiger partial charge >= 0.3 is 0 Å². The molecule has 7 heteroatoms. The van der Waals surface area contributed by atoms with Crippen LogP contribution in [-0.4, -0.2) is 28.6 Å². The lowest BCUT2D eigenvalue weighted by Crippen LogP contribution is -2.38. The fraction of sp³-hybridized carbons (Fsp3) is 0.273. The van der Waals surface area contributed by atoms with Crippen molar-refractivity contribution < 1.29 is 4.39 Å². The van der Waals surface area contributed by atoms with E-state index in [1.807, 2.05) is 36.1 Å². The zero-order valence-electron chi connectivity index (χ0n) is 16.5. The van der Waals surface area contributed by atoms with Gasteiger partial charge in [0.2, 0.25) is 0 Å². The molecule has 0 amide bonds. The number of imidazole rings is 1. The Hall–Kier alpha value is -2.42. The highest BCUT2D eigenvalue weighted by Gasteiger charge is 2.01. The van der Waals surface area contributed by atoms with Crippen LogP contribution in [0.1, 0.15) is 23.6 Å². The molecule has 0 fully saturated rings. The number of nitrogens with one attached hydrogen (secondary N) is 2. The Balaban J connectivity index is 0.00000300. The lowest BCUT2D eigenvalue weighted by molar-refractivity contribution is 0.626. The molecular formula is C22H27FIN5. The van der Waals surface area contributed by atoms with Gasteiger partial charge in [-0.2, -0.15) is 0 Å². The van der Waals surface area contributed by atoms with E-state index in [4.69, 9.17) is 0 Å². The summed E-state index contributed by atoms with van der Waals surface area (Å²) in [4.78, 5) is 8.76. The number of aromatic nitrogens is 2. The van der Waals surface area contributed by atoms with E-state index < -0.39 is 0 Å². The van der Waals surface area contributed by atoms with Gasteiger partial charge in [-0.3, -0.25) is 0 Å². The van der Waals surface area contributed by atoms with Crippen LogP contribution >= 0.6 is 24.0 Å². The maximum atomic E-state index is 13.0. The molecule has 29 heavy (non-hydrogen) atoms. The van der Waals surface area contributed by atoms with E-state index in [0.717, 1.165) is 43.1 Å². The summed E-state index contributed by atoms with van der Waals surface area (Å²) in [6.45, 7) is 4.97. The van der Waals surface area contributed by atoms with Crippen LogP contribution in [0, 0.1) is 5.82 Å². The van der Waals surface area contributed by atoms with E-state index in [0.29, 0.717) is 6.54 Å². The Kier molecular flexibility index (Phi) is 9.63. The molecule has 0 atom stereocenters. The molecule has 5 nitrogen and oxygen atoms in total. The Bertz CT molecular complexity index is 878. The molecule has 0 spiro atoms. The van der Waals surface area contributed by atoms with Crippen LogP contribution in [0.15, 0.2) is 72.2 Å². The first kappa shape index (κ1) is 22.9. The van der Waals surface area contributed by atoms with Crippen LogP contribution in [-0.2, 0) is 19.5 Å². The summed E-state index contributed by atoms with van der Waals surface area (Å²) in [5, 5.41) is 6.60. The van der Waals surface area contributed by atoms with Crippen molar-refractivity contribution in [3.63, 3.8) is 0 Å². The highest BCUT2D eigenvalue weighted by molar-refractivity contribution is 14.0. The second-order valence-electron chi connectivity index (χ2n) is 6.55. The fourth-order valence-electron chi connectivity index (χ4n) is 2.91. The maximum Gasteiger partial charge on any atom is 0.191 e. The zero-order chi connectivity index (χ0) is 19.6. The van der Waals surface area contributed by atoms with E-state index in [1.165, 1.54) is 17.7 Å². The predicted octanol–water partition coefficient (Wildman–Crippen LogP) is 3.99. The van der Waals surface area contributed by atoms with Gasteiger partial charge < -0.3 is 15.2 Å². The highest BCUT2D eigenvalue weighted by atomic mass is 127. The third-order valence-corrected chi connectivity index (χ3v) is 4.30. The number of rotatable bonds is 8.